The normalized spacial score (nSPS) is 10.7. The second-order valence-electron chi connectivity index (χ2n) is 5.33. The molecular weight excluding hydrogens is 290 g/mol. The van der Waals surface area contributed by atoms with Crippen LogP contribution in [0.2, 0.25) is 0 Å². The Morgan fingerprint density at radius 3 is 2.83 bits per heavy atom. The summed E-state index contributed by atoms with van der Waals surface area (Å²) in [6.07, 6.45) is 0.858. The molecule has 2 aromatic carbocycles. The lowest BCUT2D eigenvalue weighted by molar-refractivity contribution is 0.102. The molecule has 0 radical (unpaired) electrons. The molecule has 0 spiro atoms. The number of aryl methyl sites for hydroxylation is 2. The number of nitrogens with zero attached hydrogens (tertiary/aromatic N) is 2. The van der Waals surface area contributed by atoms with Crippen molar-refractivity contribution < 1.29 is 9.53 Å². The highest BCUT2D eigenvalue weighted by Gasteiger charge is 2.11. The van der Waals surface area contributed by atoms with Gasteiger partial charge in [-0.25, -0.2) is 4.98 Å². The average molecular weight is 309 g/mol. The van der Waals surface area contributed by atoms with Crippen molar-refractivity contribution in [2.24, 2.45) is 7.05 Å². The lowest BCUT2D eigenvalue weighted by atomic mass is 10.2. The van der Waals surface area contributed by atoms with Crippen LogP contribution in [0.15, 0.2) is 42.5 Å². The van der Waals surface area contributed by atoms with Gasteiger partial charge < -0.3 is 14.6 Å². The zero-order valence-corrected chi connectivity index (χ0v) is 13.5. The molecule has 1 heterocycles. The monoisotopic (exact) mass is 309 g/mol. The fourth-order valence-electron chi connectivity index (χ4n) is 2.61. The summed E-state index contributed by atoms with van der Waals surface area (Å²) in [5, 5.41) is 2.88. The maximum absolute atomic E-state index is 12.4. The minimum atomic E-state index is -0.163. The van der Waals surface area contributed by atoms with E-state index in [1.54, 1.807) is 13.2 Å². The number of aromatic nitrogens is 2. The van der Waals surface area contributed by atoms with Crippen molar-refractivity contribution in [3.05, 3.63) is 53.9 Å². The Hall–Kier alpha value is -2.82. The van der Waals surface area contributed by atoms with Crippen molar-refractivity contribution in [2.45, 2.75) is 13.3 Å². The molecule has 23 heavy (non-hydrogen) atoms. The summed E-state index contributed by atoms with van der Waals surface area (Å²) in [6.45, 7) is 2.07. The van der Waals surface area contributed by atoms with Gasteiger partial charge in [0.15, 0.2) is 0 Å². The van der Waals surface area contributed by atoms with E-state index in [1.807, 2.05) is 43.4 Å². The van der Waals surface area contributed by atoms with Crippen molar-refractivity contribution in [3.8, 4) is 5.75 Å². The number of hydrogen-bond acceptors (Lipinski definition) is 3. The van der Waals surface area contributed by atoms with Gasteiger partial charge in [0, 0.05) is 30.8 Å². The van der Waals surface area contributed by atoms with Gasteiger partial charge in [-0.1, -0.05) is 13.0 Å². The van der Waals surface area contributed by atoms with Crippen LogP contribution >= 0.6 is 0 Å². The fourth-order valence-corrected chi connectivity index (χ4v) is 2.61. The first-order valence-corrected chi connectivity index (χ1v) is 7.53. The first-order chi connectivity index (χ1) is 11.1. The van der Waals surface area contributed by atoms with E-state index in [0.717, 1.165) is 23.3 Å². The number of ether oxygens (including phenoxy) is 1. The molecule has 118 valence electrons. The van der Waals surface area contributed by atoms with Gasteiger partial charge in [0.25, 0.3) is 5.91 Å². The first kappa shape index (κ1) is 15.1. The number of benzene rings is 2. The van der Waals surface area contributed by atoms with E-state index >= 15 is 0 Å². The third kappa shape index (κ3) is 2.90. The molecule has 0 unspecified atom stereocenters. The summed E-state index contributed by atoms with van der Waals surface area (Å²) in [4.78, 5) is 17.0. The summed E-state index contributed by atoms with van der Waals surface area (Å²) >= 11 is 0. The molecule has 5 nitrogen and oxygen atoms in total. The second kappa shape index (κ2) is 6.12. The SMILES string of the molecule is CCc1nc2cc(C(=O)Nc3cccc(OC)c3)ccc2n1C. The lowest BCUT2D eigenvalue weighted by Crippen LogP contribution is -2.11. The third-order valence-corrected chi connectivity index (χ3v) is 3.88. The summed E-state index contributed by atoms with van der Waals surface area (Å²) in [5.41, 5.74) is 3.15. The molecule has 0 aliphatic heterocycles. The van der Waals surface area contributed by atoms with Crippen molar-refractivity contribution in [3.63, 3.8) is 0 Å². The standard InChI is InChI=1S/C18H19N3O2/c1-4-17-20-15-10-12(8-9-16(15)21(17)2)18(22)19-13-6-5-7-14(11-13)23-3/h5-11H,4H2,1-3H3,(H,19,22). The molecule has 0 fully saturated rings. The summed E-state index contributed by atoms with van der Waals surface area (Å²) in [7, 11) is 3.59. The summed E-state index contributed by atoms with van der Waals surface area (Å²) in [6, 6.07) is 12.9. The Kier molecular flexibility index (Phi) is 4.02. The summed E-state index contributed by atoms with van der Waals surface area (Å²) < 4.78 is 7.22. The molecule has 5 heteroatoms. The molecule has 3 aromatic rings. The molecule has 1 aromatic heterocycles. The van der Waals surface area contributed by atoms with E-state index in [2.05, 4.69) is 21.8 Å². The van der Waals surface area contributed by atoms with Crippen molar-refractivity contribution >= 4 is 22.6 Å². The third-order valence-electron chi connectivity index (χ3n) is 3.88. The smallest absolute Gasteiger partial charge is 0.255 e. The highest BCUT2D eigenvalue weighted by atomic mass is 16.5. The quantitative estimate of drug-likeness (QED) is 0.803. The highest BCUT2D eigenvalue weighted by molar-refractivity contribution is 6.06. The van der Waals surface area contributed by atoms with Crippen LogP contribution in [0.25, 0.3) is 11.0 Å². The molecule has 3 rings (SSSR count). The van der Waals surface area contributed by atoms with Crippen LogP contribution in [0, 0.1) is 0 Å². The molecule has 0 aliphatic carbocycles. The number of carbonyl (C=O) groups excluding carboxylic acids is 1. The number of carbonyl (C=O) groups is 1. The van der Waals surface area contributed by atoms with Crippen LogP contribution in [-0.4, -0.2) is 22.6 Å². The van der Waals surface area contributed by atoms with Gasteiger partial charge in [-0.15, -0.1) is 0 Å². The number of rotatable bonds is 4. The molecule has 1 N–H and O–H groups in total. The van der Waals surface area contributed by atoms with Gasteiger partial charge >= 0.3 is 0 Å². The number of hydrogen-bond donors (Lipinski definition) is 1. The maximum Gasteiger partial charge on any atom is 0.255 e. The van der Waals surface area contributed by atoms with Crippen LogP contribution < -0.4 is 10.1 Å². The Morgan fingerprint density at radius 2 is 2.09 bits per heavy atom. The zero-order chi connectivity index (χ0) is 16.4. The molecule has 0 aliphatic rings. The number of fused-ring (bicyclic) bond motifs is 1. The van der Waals surface area contributed by atoms with E-state index in [4.69, 9.17) is 4.74 Å². The molecule has 0 bridgehead atoms. The lowest BCUT2D eigenvalue weighted by Gasteiger charge is -2.07. The summed E-state index contributed by atoms with van der Waals surface area (Å²) in [5.74, 6) is 1.55. The van der Waals surface area contributed by atoms with Gasteiger partial charge in [-0.05, 0) is 30.3 Å². The van der Waals surface area contributed by atoms with Gasteiger partial charge in [0.05, 0.1) is 18.1 Å². The topological polar surface area (TPSA) is 56.1 Å². The first-order valence-electron chi connectivity index (χ1n) is 7.53. The number of amides is 1. The number of methoxy groups -OCH3 is 1. The second-order valence-corrected chi connectivity index (χ2v) is 5.33. The number of anilines is 1. The Balaban J connectivity index is 1.88. The van der Waals surface area contributed by atoms with Crippen LogP contribution in [0.5, 0.6) is 5.75 Å². The van der Waals surface area contributed by atoms with Crippen molar-refractivity contribution in [1.29, 1.82) is 0 Å². The minimum absolute atomic E-state index is 0.163. The van der Waals surface area contributed by atoms with Crippen LogP contribution in [0.3, 0.4) is 0 Å². The Morgan fingerprint density at radius 1 is 1.26 bits per heavy atom. The van der Waals surface area contributed by atoms with Crippen LogP contribution in [-0.2, 0) is 13.5 Å². The largest absolute Gasteiger partial charge is 0.497 e. The van der Waals surface area contributed by atoms with Gasteiger partial charge in [-0.3, -0.25) is 4.79 Å². The molecule has 0 saturated carbocycles. The molecular formula is C18H19N3O2. The predicted molar refractivity (Wildman–Crippen MR) is 91.0 cm³/mol. The van der Waals surface area contributed by atoms with E-state index < -0.39 is 0 Å². The molecule has 0 atom stereocenters. The van der Waals surface area contributed by atoms with Gasteiger partial charge in [-0.2, -0.15) is 0 Å². The maximum atomic E-state index is 12.4. The van der Waals surface area contributed by atoms with E-state index in [1.165, 1.54) is 0 Å². The number of nitrogens with one attached hydrogen (secondary N) is 1. The zero-order valence-electron chi connectivity index (χ0n) is 13.5. The Bertz CT molecular complexity index is 868. The van der Waals surface area contributed by atoms with Crippen molar-refractivity contribution in [1.82, 2.24) is 9.55 Å². The highest BCUT2D eigenvalue weighted by Crippen LogP contribution is 2.20. The fraction of sp³-hybridized carbons (Fsp3) is 0.222. The average Bonchev–Trinajstić information content (AvgIpc) is 2.90. The minimum Gasteiger partial charge on any atom is -0.497 e. The van der Waals surface area contributed by atoms with Crippen LogP contribution in [0.1, 0.15) is 23.1 Å². The van der Waals surface area contributed by atoms with Gasteiger partial charge in [0.1, 0.15) is 11.6 Å². The van der Waals surface area contributed by atoms with E-state index in [0.29, 0.717) is 17.0 Å². The van der Waals surface area contributed by atoms with E-state index in [-0.39, 0.29) is 5.91 Å². The van der Waals surface area contributed by atoms with Gasteiger partial charge in [0.2, 0.25) is 0 Å². The Labute approximate surface area is 134 Å². The predicted octanol–water partition coefficient (Wildman–Crippen LogP) is 3.40. The number of imidazole rings is 1. The molecule has 1 amide bonds. The van der Waals surface area contributed by atoms with E-state index in [9.17, 15) is 4.79 Å². The van der Waals surface area contributed by atoms with Crippen LogP contribution in [0.4, 0.5) is 5.69 Å². The molecule has 0 saturated heterocycles. The van der Waals surface area contributed by atoms with Crippen molar-refractivity contribution in [2.75, 3.05) is 12.4 Å².